The summed E-state index contributed by atoms with van der Waals surface area (Å²) in [6.45, 7) is 12.1. The zero-order chi connectivity index (χ0) is 27.5. The van der Waals surface area contributed by atoms with Gasteiger partial charge in [-0.1, -0.05) is 43.0 Å². The average molecular weight is 528 g/mol. The molecule has 1 aromatic rings. The summed E-state index contributed by atoms with van der Waals surface area (Å²) in [5.74, 6) is -0.253. The highest BCUT2D eigenvalue weighted by Crippen LogP contribution is 2.45. The van der Waals surface area contributed by atoms with Crippen LogP contribution in [0.3, 0.4) is 0 Å². The summed E-state index contributed by atoms with van der Waals surface area (Å²) in [4.78, 5) is 42.9. The molecule has 0 aromatic heterocycles. The zero-order valence-electron chi connectivity index (χ0n) is 22.8. The lowest BCUT2D eigenvalue weighted by Crippen LogP contribution is -2.73. The van der Waals surface area contributed by atoms with Crippen LogP contribution < -0.4 is 0 Å². The van der Waals surface area contributed by atoms with E-state index in [1.54, 1.807) is 11.0 Å². The van der Waals surface area contributed by atoms with Crippen LogP contribution in [-0.2, 0) is 14.3 Å². The Morgan fingerprint density at radius 1 is 1.16 bits per heavy atom. The van der Waals surface area contributed by atoms with Gasteiger partial charge in [0.2, 0.25) is 0 Å². The van der Waals surface area contributed by atoms with Crippen LogP contribution in [0, 0.1) is 5.92 Å². The number of benzene rings is 1. The van der Waals surface area contributed by atoms with Crippen molar-refractivity contribution in [1.29, 1.82) is 0 Å². The summed E-state index contributed by atoms with van der Waals surface area (Å²) in [6, 6.07) is 10.4. The minimum atomic E-state index is -0.868. The quantitative estimate of drug-likeness (QED) is 0.477. The van der Waals surface area contributed by atoms with Gasteiger partial charge in [0.05, 0.1) is 12.0 Å². The number of carboxylic acids is 1. The lowest BCUT2D eigenvalue weighted by Gasteiger charge is -2.56. The first kappa shape index (κ1) is 28.0. The summed E-state index contributed by atoms with van der Waals surface area (Å²) in [6.07, 6.45) is 3.48. The molecule has 0 unspecified atom stereocenters. The lowest BCUT2D eigenvalue weighted by molar-refractivity contribution is -0.147. The second-order valence-electron chi connectivity index (χ2n) is 11.9. The molecule has 208 valence electrons. The highest BCUT2D eigenvalue weighted by molar-refractivity contribution is 5.73. The van der Waals surface area contributed by atoms with Crippen molar-refractivity contribution in [3.8, 4) is 0 Å². The third-order valence-electron chi connectivity index (χ3n) is 7.79. The number of carboxylic acid groups (broad SMARTS) is 1. The van der Waals surface area contributed by atoms with Gasteiger partial charge in [-0.05, 0) is 64.6 Å². The second kappa shape index (κ2) is 11.4. The molecule has 0 spiro atoms. The summed E-state index contributed by atoms with van der Waals surface area (Å²) in [5.41, 5.74) is 0.0646. The van der Waals surface area contributed by atoms with E-state index < -0.39 is 23.2 Å². The number of hydrogen-bond donors (Lipinski definition) is 1. The first-order chi connectivity index (χ1) is 18.0. The minimum absolute atomic E-state index is 0.0161. The fourth-order valence-corrected chi connectivity index (χ4v) is 5.84. The third-order valence-corrected chi connectivity index (χ3v) is 7.79. The molecule has 1 aromatic carbocycles. The van der Waals surface area contributed by atoms with Crippen LogP contribution in [0.25, 0.3) is 0 Å². The average Bonchev–Trinajstić information content (AvgIpc) is 3.63. The molecule has 9 heteroatoms. The molecule has 3 aliphatic rings. The van der Waals surface area contributed by atoms with Gasteiger partial charge in [-0.2, -0.15) is 0 Å². The highest BCUT2D eigenvalue weighted by Gasteiger charge is 2.52. The fraction of sp³-hybridized carbons (Fsp3) is 0.621. The van der Waals surface area contributed by atoms with Gasteiger partial charge in [-0.15, -0.1) is 0 Å². The predicted octanol–water partition coefficient (Wildman–Crippen LogP) is 4.34. The molecule has 4 rings (SSSR count). The summed E-state index contributed by atoms with van der Waals surface area (Å²) < 4.78 is 10.9. The molecular formula is C29H41N3O6. The molecule has 38 heavy (non-hydrogen) atoms. The Kier molecular flexibility index (Phi) is 8.35. The first-order valence-electron chi connectivity index (χ1n) is 13.6. The van der Waals surface area contributed by atoms with Crippen molar-refractivity contribution in [2.75, 3.05) is 39.3 Å². The highest BCUT2D eigenvalue weighted by atomic mass is 16.6. The maximum Gasteiger partial charge on any atom is 0.410 e. The predicted molar refractivity (Wildman–Crippen MR) is 143 cm³/mol. The number of carbonyl (C=O) groups excluding carboxylic acids is 2. The van der Waals surface area contributed by atoms with E-state index >= 15 is 0 Å². The molecule has 0 bridgehead atoms. The summed E-state index contributed by atoms with van der Waals surface area (Å²) in [5, 5.41) is 9.62. The minimum Gasteiger partial charge on any atom is -0.481 e. The molecule has 2 aliphatic heterocycles. The Bertz CT molecular complexity index is 1010. The number of hydrogen-bond acceptors (Lipinski definition) is 6. The van der Waals surface area contributed by atoms with Gasteiger partial charge >= 0.3 is 18.2 Å². The van der Waals surface area contributed by atoms with Crippen molar-refractivity contribution in [3.63, 3.8) is 0 Å². The van der Waals surface area contributed by atoms with Gasteiger partial charge in [0.1, 0.15) is 12.2 Å². The molecule has 1 N–H and O–H groups in total. The van der Waals surface area contributed by atoms with E-state index in [1.807, 2.05) is 43.9 Å². The first-order valence-corrected chi connectivity index (χ1v) is 13.6. The van der Waals surface area contributed by atoms with Gasteiger partial charge in [0.15, 0.2) is 0 Å². The van der Waals surface area contributed by atoms with Crippen LogP contribution in [-0.4, -0.2) is 94.5 Å². The molecule has 2 saturated heterocycles. The monoisotopic (exact) mass is 527 g/mol. The Labute approximate surface area is 225 Å². The molecular weight excluding hydrogens is 486 g/mol. The molecule has 1 aliphatic carbocycles. The summed E-state index contributed by atoms with van der Waals surface area (Å²) in [7, 11) is 0. The van der Waals surface area contributed by atoms with Crippen LogP contribution in [0.15, 0.2) is 43.0 Å². The number of aliphatic carboxylic acids is 1. The second-order valence-corrected chi connectivity index (χ2v) is 11.9. The Morgan fingerprint density at radius 2 is 1.82 bits per heavy atom. The lowest BCUT2D eigenvalue weighted by atomic mass is 9.81. The smallest absolute Gasteiger partial charge is 0.410 e. The molecule has 0 radical (unpaired) electrons. The van der Waals surface area contributed by atoms with E-state index in [0.717, 1.165) is 32.4 Å². The third kappa shape index (κ3) is 6.67. The van der Waals surface area contributed by atoms with Crippen LogP contribution in [0.1, 0.15) is 57.9 Å². The van der Waals surface area contributed by atoms with Gasteiger partial charge in [-0.25, -0.2) is 9.59 Å². The van der Waals surface area contributed by atoms with Crippen LogP contribution >= 0.6 is 0 Å². The standard InChI is InChI=1S/C29H41N3O6/c1-5-15-37-27(36)32(24-16-23(24)22-9-7-6-8-10-22)18-21-11-13-31(14-12-21)29(17-25(33)34)19-30(20-29)26(35)38-28(2,3)4/h5-10,21,23-24H,1,11-20H2,2-4H3,(H,33,34)/t23-,24+/m0/s1. The van der Waals surface area contributed by atoms with E-state index in [2.05, 4.69) is 23.6 Å². The molecule has 9 nitrogen and oxygen atoms in total. The normalized spacial score (nSPS) is 23.2. The molecule has 1 saturated carbocycles. The Balaban J connectivity index is 1.36. The van der Waals surface area contributed by atoms with Crippen LogP contribution in [0.4, 0.5) is 9.59 Å². The zero-order valence-corrected chi connectivity index (χ0v) is 22.8. The van der Waals surface area contributed by atoms with E-state index in [4.69, 9.17) is 9.47 Å². The van der Waals surface area contributed by atoms with Gasteiger partial charge in [-0.3, -0.25) is 9.69 Å². The van der Waals surface area contributed by atoms with Crippen molar-refractivity contribution in [1.82, 2.24) is 14.7 Å². The molecule has 2 atom stereocenters. The van der Waals surface area contributed by atoms with Crippen molar-refractivity contribution < 1.29 is 29.0 Å². The molecule has 3 fully saturated rings. The maximum absolute atomic E-state index is 13.0. The van der Waals surface area contributed by atoms with Crippen molar-refractivity contribution in [2.45, 2.75) is 69.6 Å². The van der Waals surface area contributed by atoms with Gasteiger partial charge in [0, 0.05) is 31.6 Å². The summed E-state index contributed by atoms with van der Waals surface area (Å²) >= 11 is 0. The fourth-order valence-electron chi connectivity index (χ4n) is 5.84. The number of amides is 2. The number of ether oxygens (including phenoxy) is 2. The van der Waals surface area contributed by atoms with Crippen molar-refractivity contribution in [2.24, 2.45) is 5.92 Å². The largest absolute Gasteiger partial charge is 0.481 e. The number of nitrogens with zero attached hydrogens (tertiary/aromatic N) is 3. The Morgan fingerprint density at radius 3 is 2.39 bits per heavy atom. The topological polar surface area (TPSA) is 99.6 Å². The van der Waals surface area contributed by atoms with E-state index in [-0.39, 0.29) is 25.2 Å². The van der Waals surface area contributed by atoms with E-state index in [1.165, 1.54) is 5.56 Å². The molecule has 2 amide bonds. The van der Waals surface area contributed by atoms with Crippen LogP contribution in [0.2, 0.25) is 0 Å². The maximum atomic E-state index is 13.0. The van der Waals surface area contributed by atoms with Crippen molar-refractivity contribution in [3.05, 3.63) is 48.6 Å². The Hall–Kier alpha value is -3.07. The SMILES string of the molecule is C=CCOC(=O)N(CC1CCN(C2(CC(=O)O)CN(C(=O)OC(C)(C)C)C2)CC1)[C@@H]1C[C@H]1c1ccccc1. The number of carbonyl (C=O) groups is 3. The van der Waals surface area contributed by atoms with E-state index in [9.17, 15) is 19.5 Å². The van der Waals surface area contributed by atoms with Gasteiger partial charge < -0.3 is 24.4 Å². The van der Waals surface area contributed by atoms with E-state index in [0.29, 0.717) is 31.5 Å². The van der Waals surface area contributed by atoms with Crippen molar-refractivity contribution >= 4 is 18.2 Å². The number of piperidine rings is 1. The number of rotatable bonds is 9. The van der Waals surface area contributed by atoms with Gasteiger partial charge in [0.25, 0.3) is 0 Å². The molecule has 2 heterocycles. The van der Waals surface area contributed by atoms with Crippen LogP contribution in [0.5, 0.6) is 0 Å². The number of likely N-dealkylation sites (tertiary alicyclic amines) is 2.